The van der Waals surface area contributed by atoms with E-state index < -0.39 is 5.82 Å². The molecule has 0 fully saturated rings. The van der Waals surface area contributed by atoms with Crippen LogP contribution in [0.3, 0.4) is 0 Å². The zero-order valence-electron chi connectivity index (χ0n) is 8.84. The minimum Gasteiger partial charge on any atom is -0.324 e. The number of rotatable bonds is 3. The van der Waals surface area contributed by atoms with Crippen LogP contribution >= 0.6 is 24.0 Å². The number of benzene rings is 1. The number of halogens is 3. The predicted octanol–water partition coefficient (Wildman–Crippen LogP) is 3.95. The lowest BCUT2D eigenvalue weighted by molar-refractivity contribution is 0.509. The summed E-state index contributed by atoms with van der Waals surface area (Å²) in [6, 6.07) is 4.59. The maximum atomic E-state index is 12.9. The summed E-state index contributed by atoms with van der Waals surface area (Å²) >= 11 is 5.66. The first-order valence-electron chi connectivity index (χ1n) is 4.71. The summed E-state index contributed by atoms with van der Waals surface area (Å²) in [7, 11) is 0. The number of hydrogen-bond donors (Lipinski definition) is 1. The molecule has 0 saturated heterocycles. The van der Waals surface area contributed by atoms with E-state index in [-0.39, 0.29) is 23.5 Å². The summed E-state index contributed by atoms with van der Waals surface area (Å²) in [6.45, 7) is 4.20. The Balaban J connectivity index is 0.00000196. The molecular formula is C11H16Cl2FN. The normalized spacial score (nSPS) is 12.4. The average molecular weight is 252 g/mol. The Morgan fingerprint density at radius 1 is 1.40 bits per heavy atom. The minimum atomic E-state index is -0.396. The van der Waals surface area contributed by atoms with E-state index in [4.69, 9.17) is 17.3 Å². The van der Waals surface area contributed by atoms with Gasteiger partial charge in [0.1, 0.15) is 5.82 Å². The van der Waals surface area contributed by atoms with Gasteiger partial charge in [-0.05, 0) is 30.0 Å². The lowest BCUT2D eigenvalue weighted by atomic mass is 9.98. The van der Waals surface area contributed by atoms with Crippen LogP contribution in [0.5, 0.6) is 0 Å². The molecule has 0 spiro atoms. The smallest absolute Gasteiger partial charge is 0.141 e. The van der Waals surface area contributed by atoms with Gasteiger partial charge in [-0.25, -0.2) is 4.39 Å². The van der Waals surface area contributed by atoms with Crippen molar-refractivity contribution >= 4 is 24.0 Å². The van der Waals surface area contributed by atoms with Crippen molar-refractivity contribution in [1.82, 2.24) is 0 Å². The molecule has 0 radical (unpaired) electrons. The predicted molar refractivity (Wildman–Crippen MR) is 65.0 cm³/mol. The molecule has 1 rings (SSSR count). The van der Waals surface area contributed by atoms with Crippen LogP contribution < -0.4 is 5.73 Å². The second kappa shape index (κ2) is 6.31. The van der Waals surface area contributed by atoms with E-state index in [1.165, 1.54) is 6.07 Å². The lowest BCUT2D eigenvalue weighted by Crippen LogP contribution is -2.12. The van der Waals surface area contributed by atoms with Gasteiger partial charge in [0, 0.05) is 6.04 Å². The van der Waals surface area contributed by atoms with E-state index in [1.807, 2.05) is 0 Å². The molecule has 1 aromatic carbocycles. The highest BCUT2D eigenvalue weighted by Crippen LogP contribution is 2.23. The van der Waals surface area contributed by atoms with E-state index in [9.17, 15) is 4.39 Å². The third-order valence-electron chi connectivity index (χ3n) is 2.10. The van der Waals surface area contributed by atoms with Gasteiger partial charge in [-0.15, -0.1) is 12.4 Å². The largest absolute Gasteiger partial charge is 0.324 e. The molecule has 86 valence electrons. The van der Waals surface area contributed by atoms with Crippen LogP contribution in [0.2, 0.25) is 5.02 Å². The maximum absolute atomic E-state index is 12.9. The Labute approximate surface area is 101 Å². The van der Waals surface area contributed by atoms with E-state index in [0.29, 0.717) is 5.92 Å². The lowest BCUT2D eigenvalue weighted by Gasteiger charge is -2.14. The first-order valence-corrected chi connectivity index (χ1v) is 5.09. The Kier molecular flexibility index (Phi) is 6.18. The average Bonchev–Trinajstić information content (AvgIpc) is 2.08. The van der Waals surface area contributed by atoms with Crippen molar-refractivity contribution in [3.05, 3.63) is 34.6 Å². The van der Waals surface area contributed by atoms with Crippen LogP contribution in [-0.4, -0.2) is 0 Å². The van der Waals surface area contributed by atoms with Crippen LogP contribution in [0, 0.1) is 11.7 Å². The molecule has 0 aromatic heterocycles. The van der Waals surface area contributed by atoms with Crippen molar-refractivity contribution in [2.45, 2.75) is 26.3 Å². The molecule has 1 nitrogen and oxygen atoms in total. The third-order valence-corrected chi connectivity index (χ3v) is 2.39. The van der Waals surface area contributed by atoms with Gasteiger partial charge in [0.25, 0.3) is 0 Å². The summed E-state index contributed by atoms with van der Waals surface area (Å²) in [5, 5.41) is 0.140. The molecule has 4 heteroatoms. The van der Waals surface area contributed by atoms with Gasteiger partial charge in [-0.3, -0.25) is 0 Å². The quantitative estimate of drug-likeness (QED) is 0.866. The van der Waals surface area contributed by atoms with Gasteiger partial charge in [0.05, 0.1) is 5.02 Å². The zero-order valence-corrected chi connectivity index (χ0v) is 10.4. The van der Waals surface area contributed by atoms with Crippen molar-refractivity contribution in [3.63, 3.8) is 0 Å². The number of nitrogens with two attached hydrogens (primary N) is 1. The fourth-order valence-corrected chi connectivity index (χ4v) is 1.58. The highest BCUT2D eigenvalue weighted by molar-refractivity contribution is 6.30. The SMILES string of the molecule is CC(C)C[C@@H](N)c1ccc(F)c(Cl)c1.Cl. The van der Waals surface area contributed by atoms with Gasteiger partial charge >= 0.3 is 0 Å². The van der Waals surface area contributed by atoms with Gasteiger partial charge in [-0.2, -0.15) is 0 Å². The molecule has 2 N–H and O–H groups in total. The Morgan fingerprint density at radius 2 is 2.00 bits per heavy atom. The van der Waals surface area contributed by atoms with Gasteiger partial charge in [0.15, 0.2) is 0 Å². The van der Waals surface area contributed by atoms with Gasteiger partial charge in [0.2, 0.25) is 0 Å². The molecule has 1 atom stereocenters. The first-order chi connectivity index (χ1) is 6.50. The Bertz CT molecular complexity index is 315. The van der Waals surface area contributed by atoms with Crippen LogP contribution in [0.1, 0.15) is 31.9 Å². The van der Waals surface area contributed by atoms with E-state index in [2.05, 4.69) is 13.8 Å². The molecule has 0 heterocycles. The fourth-order valence-electron chi connectivity index (χ4n) is 1.39. The monoisotopic (exact) mass is 251 g/mol. The first kappa shape index (κ1) is 14.7. The van der Waals surface area contributed by atoms with Crippen molar-refractivity contribution in [2.24, 2.45) is 11.7 Å². The molecule has 0 aliphatic rings. The third kappa shape index (κ3) is 4.37. The Hall–Kier alpha value is -0.310. The van der Waals surface area contributed by atoms with Gasteiger partial charge in [-0.1, -0.05) is 31.5 Å². The molecule has 0 amide bonds. The van der Waals surface area contributed by atoms with Gasteiger partial charge < -0.3 is 5.73 Å². The van der Waals surface area contributed by atoms with Crippen LogP contribution in [-0.2, 0) is 0 Å². The molecule has 1 aromatic rings. The van der Waals surface area contributed by atoms with Crippen LogP contribution in [0.15, 0.2) is 18.2 Å². The molecule has 0 aliphatic heterocycles. The summed E-state index contributed by atoms with van der Waals surface area (Å²) in [6.07, 6.45) is 0.877. The highest BCUT2D eigenvalue weighted by atomic mass is 35.5. The van der Waals surface area contributed by atoms with Crippen LogP contribution in [0.4, 0.5) is 4.39 Å². The second-order valence-electron chi connectivity index (χ2n) is 3.91. The summed E-state index contributed by atoms with van der Waals surface area (Å²) in [5.41, 5.74) is 6.83. The standard InChI is InChI=1S/C11H15ClFN.ClH/c1-7(2)5-11(14)8-3-4-10(13)9(12)6-8;/h3-4,6-7,11H,5,14H2,1-2H3;1H/t11-;/m1./s1. The molecule has 0 saturated carbocycles. The minimum absolute atomic E-state index is 0. The molecular weight excluding hydrogens is 236 g/mol. The van der Waals surface area contributed by atoms with Crippen LogP contribution in [0.25, 0.3) is 0 Å². The maximum Gasteiger partial charge on any atom is 0.141 e. The highest BCUT2D eigenvalue weighted by Gasteiger charge is 2.10. The molecule has 0 aliphatic carbocycles. The van der Waals surface area contributed by atoms with E-state index in [1.54, 1.807) is 12.1 Å². The van der Waals surface area contributed by atoms with Crippen molar-refractivity contribution in [2.75, 3.05) is 0 Å². The van der Waals surface area contributed by atoms with E-state index >= 15 is 0 Å². The molecule has 15 heavy (non-hydrogen) atoms. The Morgan fingerprint density at radius 3 is 2.47 bits per heavy atom. The fraction of sp³-hybridized carbons (Fsp3) is 0.455. The molecule has 0 unspecified atom stereocenters. The van der Waals surface area contributed by atoms with Crippen molar-refractivity contribution < 1.29 is 4.39 Å². The number of hydrogen-bond acceptors (Lipinski definition) is 1. The summed E-state index contributed by atoms with van der Waals surface area (Å²) in [4.78, 5) is 0. The molecule has 0 bridgehead atoms. The zero-order chi connectivity index (χ0) is 10.7. The second-order valence-corrected chi connectivity index (χ2v) is 4.32. The topological polar surface area (TPSA) is 26.0 Å². The summed E-state index contributed by atoms with van der Waals surface area (Å²) < 4.78 is 12.9. The van der Waals surface area contributed by atoms with Crippen molar-refractivity contribution in [3.8, 4) is 0 Å². The van der Waals surface area contributed by atoms with Crippen molar-refractivity contribution in [1.29, 1.82) is 0 Å². The van der Waals surface area contributed by atoms with E-state index in [0.717, 1.165) is 12.0 Å². The summed E-state index contributed by atoms with van der Waals surface area (Å²) in [5.74, 6) is 0.126.